The Morgan fingerprint density at radius 1 is 1.11 bits per heavy atom. The molecular formula is C11H7F4N3. The predicted octanol–water partition coefficient (Wildman–Crippen LogP) is 3.38. The van der Waals surface area contributed by atoms with E-state index in [0.717, 1.165) is 18.3 Å². The quantitative estimate of drug-likeness (QED) is 0.838. The van der Waals surface area contributed by atoms with Crippen molar-refractivity contribution in [3.63, 3.8) is 0 Å². The van der Waals surface area contributed by atoms with E-state index in [1.165, 1.54) is 18.2 Å². The minimum atomic E-state index is -4.54. The largest absolute Gasteiger partial charge is 0.433 e. The molecule has 0 spiro atoms. The van der Waals surface area contributed by atoms with Gasteiger partial charge in [-0.3, -0.25) is 0 Å². The summed E-state index contributed by atoms with van der Waals surface area (Å²) >= 11 is 0. The van der Waals surface area contributed by atoms with Crippen LogP contribution in [0.15, 0.2) is 36.5 Å². The second kappa shape index (κ2) is 4.59. The van der Waals surface area contributed by atoms with Crippen LogP contribution in [0, 0.1) is 5.82 Å². The summed E-state index contributed by atoms with van der Waals surface area (Å²) < 4.78 is 50.1. The Labute approximate surface area is 99.5 Å². The molecule has 18 heavy (non-hydrogen) atoms. The van der Waals surface area contributed by atoms with E-state index in [4.69, 9.17) is 0 Å². The molecule has 0 bridgehead atoms. The van der Waals surface area contributed by atoms with E-state index in [-0.39, 0.29) is 11.6 Å². The number of benzene rings is 1. The van der Waals surface area contributed by atoms with E-state index in [0.29, 0.717) is 0 Å². The number of aromatic nitrogens is 2. The van der Waals surface area contributed by atoms with Gasteiger partial charge in [-0.25, -0.2) is 14.4 Å². The van der Waals surface area contributed by atoms with E-state index in [9.17, 15) is 17.6 Å². The van der Waals surface area contributed by atoms with Gasteiger partial charge in [0.2, 0.25) is 5.95 Å². The molecule has 1 heterocycles. The highest BCUT2D eigenvalue weighted by molar-refractivity contribution is 5.52. The van der Waals surface area contributed by atoms with Crippen molar-refractivity contribution in [2.24, 2.45) is 0 Å². The molecule has 2 rings (SSSR count). The monoisotopic (exact) mass is 257 g/mol. The third-order valence-electron chi connectivity index (χ3n) is 2.03. The third-order valence-corrected chi connectivity index (χ3v) is 2.03. The van der Waals surface area contributed by atoms with Gasteiger partial charge in [0.25, 0.3) is 0 Å². The Morgan fingerprint density at radius 2 is 1.89 bits per heavy atom. The molecule has 0 aliphatic carbocycles. The van der Waals surface area contributed by atoms with Crippen molar-refractivity contribution in [1.82, 2.24) is 9.97 Å². The normalized spacial score (nSPS) is 11.3. The van der Waals surface area contributed by atoms with Crippen LogP contribution < -0.4 is 5.32 Å². The van der Waals surface area contributed by atoms with Gasteiger partial charge in [0.05, 0.1) is 0 Å². The molecule has 0 aliphatic heterocycles. The number of halogens is 4. The second-order valence-corrected chi connectivity index (χ2v) is 3.40. The maximum atomic E-state index is 12.9. The Balaban J connectivity index is 2.25. The first-order valence-electron chi connectivity index (χ1n) is 4.88. The third kappa shape index (κ3) is 2.93. The molecule has 0 aliphatic rings. The lowest BCUT2D eigenvalue weighted by molar-refractivity contribution is -0.141. The van der Waals surface area contributed by atoms with Gasteiger partial charge in [-0.15, -0.1) is 0 Å². The summed E-state index contributed by atoms with van der Waals surface area (Å²) in [6.07, 6.45) is -3.56. The number of hydrogen-bond donors (Lipinski definition) is 1. The zero-order chi connectivity index (χ0) is 13.2. The van der Waals surface area contributed by atoms with Gasteiger partial charge in [0.1, 0.15) is 11.5 Å². The molecule has 0 unspecified atom stereocenters. The van der Waals surface area contributed by atoms with Crippen LogP contribution in [0.5, 0.6) is 0 Å². The maximum absolute atomic E-state index is 12.9. The summed E-state index contributed by atoms with van der Waals surface area (Å²) in [6.45, 7) is 0. The standard InChI is InChI=1S/C11H7F4N3/c12-7-2-1-3-8(6-7)17-10-16-5-4-9(18-10)11(13,14)15/h1-6H,(H,16,17,18). The van der Waals surface area contributed by atoms with Crippen LogP contribution in [0.1, 0.15) is 5.69 Å². The Bertz CT molecular complexity index is 554. The van der Waals surface area contributed by atoms with E-state index >= 15 is 0 Å². The molecule has 1 aromatic heterocycles. The lowest BCUT2D eigenvalue weighted by Gasteiger charge is -2.08. The number of nitrogens with zero attached hydrogens (tertiary/aromatic N) is 2. The first-order valence-corrected chi connectivity index (χ1v) is 4.88. The summed E-state index contributed by atoms with van der Waals surface area (Å²) in [5.41, 5.74) is -0.786. The average molecular weight is 257 g/mol. The van der Waals surface area contributed by atoms with Gasteiger partial charge in [-0.2, -0.15) is 13.2 Å². The van der Waals surface area contributed by atoms with E-state index < -0.39 is 17.7 Å². The molecule has 2 aromatic rings. The van der Waals surface area contributed by atoms with Crippen molar-refractivity contribution in [3.8, 4) is 0 Å². The van der Waals surface area contributed by atoms with Crippen LogP contribution in [0.25, 0.3) is 0 Å². The molecule has 94 valence electrons. The van der Waals surface area contributed by atoms with Gasteiger partial charge >= 0.3 is 6.18 Å². The molecule has 3 nitrogen and oxygen atoms in total. The highest BCUT2D eigenvalue weighted by Gasteiger charge is 2.32. The summed E-state index contributed by atoms with van der Waals surface area (Å²) in [5.74, 6) is -0.748. The minimum absolute atomic E-state index is 0.240. The van der Waals surface area contributed by atoms with E-state index in [1.807, 2.05) is 0 Å². The number of anilines is 2. The van der Waals surface area contributed by atoms with Crippen molar-refractivity contribution in [2.45, 2.75) is 6.18 Å². The zero-order valence-corrected chi connectivity index (χ0v) is 8.87. The molecule has 0 saturated carbocycles. The molecule has 0 fully saturated rings. The minimum Gasteiger partial charge on any atom is -0.324 e. The number of rotatable bonds is 2. The molecule has 0 amide bonds. The lowest BCUT2D eigenvalue weighted by atomic mass is 10.3. The summed E-state index contributed by atoms with van der Waals surface area (Å²) in [7, 11) is 0. The topological polar surface area (TPSA) is 37.8 Å². The van der Waals surface area contributed by atoms with Crippen molar-refractivity contribution in [3.05, 3.63) is 48.0 Å². The Hall–Kier alpha value is -2.18. The predicted molar refractivity (Wildman–Crippen MR) is 56.7 cm³/mol. The fraction of sp³-hybridized carbons (Fsp3) is 0.0909. The molecular weight excluding hydrogens is 250 g/mol. The van der Waals surface area contributed by atoms with Gasteiger partial charge in [-0.05, 0) is 24.3 Å². The molecule has 1 aromatic carbocycles. The summed E-state index contributed by atoms with van der Waals surface area (Å²) in [5, 5.41) is 2.50. The van der Waals surface area contributed by atoms with E-state index in [2.05, 4.69) is 15.3 Å². The van der Waals surface area contributed by atoms with Crippen molar-refractivity contribution >= 4 is 11.6 Å². The van der Waals surface area contributed by atoms with Crippen LogP contribution in [0.4, 0.5) is 29.2 Å². The summed E-state index contributed by atoms with van der Waals surface area (Å²) in [4.78, 5) is 6.93. The number of nitrogens with one attached hydrogen (secondary N) is 1. The first kappa shape index (κ1) is 12.3. The number of alkyl halides is 3. The van der Waals surface area contributed by atoms with Crippen LogP contribution >= 0.6 is 0 Å². The van der Waals surface area contributed by atoms with Crippen molar-refractivity contribution < 1.29 is 17.6 Å². The average Bonchev–Trinajstić information content (AvgIpc) is 2.28. The lowest BCUT2D eigenvalue weighted by Crippen LogP contribution is -2.10. The fourth-order valence-corrected chi connectivity index (χ4v) is 1.27. The molecule has 0 saturated heterocycles. The first-order chi connectivity index (χ1) is 8.45. The van der Waals surface area contributed by atoms with Gasteiger partial charge in [-0.1, -0.05) is 6.07 Å². The van der Waals surface area contributed by atoms with Gasteiger partial charge in [0.15, 0.2) is 0 Å². The molecule has 1 N–H and O–H groups in total. The van der Waals surface area contributed by atoms with Crippen LogP contribution in [-0.4, -0.2) is 9.97 Å². The van der Waals surface area contributed by atoms with Crippen molar-refractivity contribution in [1.29, 1.82) is 0 Å². The molecule has 0 atom stereocenters. The van der Waals surface area contributed by atoms with Gasteiger partial charge < -0.3 is 5.32 Å². The fourth-order valence-electron chi connectivity index (χ4n) is 1.27. The maximum Gasteiger partial charge on any atom is 0.433 e. The highest BCUT2D eigenvalue weighted by atomic mass is 19.4. The number of hydrogen-bond acceptors (Lipinski definition) is 3. The second-order valence-electron chi connectivity index (χ2n) is 3.40. The summed E-state index contributed by atoms with van der Waals surface area (Å²) in [6, 6.07) is 6.02. The van der Waals surface area contributed by atoms with Crippen LogP contribution in [0.3, 0.4) is 0 Å². The van der Waals surface area contributed by atoms with E-state index in [1.54, 1.807) is 0 Å². The van der Waals surface area contributed by atoms with Crippen LogP contribution in [-0.2, 0) is 6.18 Å². The zero-order valence-electron chi connectivity index (χ0n) is 8.87. The smallest absolute Gasteiger partial charge is 0.324 e. The van der Waals surface area contributed by atoms with Crippen LogP contribution in [0.2, 0.25) is 0 Å². The SMILES string of the molecule is Fc1cccc(Nc2nccc(C(F)(F)F)n2)c1. The Kier molecular flexibility index (Phi) is 3.14. The highest BCUT2D eigenvalue weighted by Crippen LogP contribution is 2.28. The molecule has 7 heteroatoms. The Morgan fingerprint density at radius 3 is 2.56 bits per heavy atom. The van der Waals surface area contributed by atoms with Crippen molar-refractivity contribution in [2.75, 3.05) is 5.32 Å². The molecule has 0 radical (unpaired) electrons. The van der Waals surface area contributed by atoms with Gasteiger partial charge in [0, 0.05) is 11.9 Å².